The van der Waals surface area contributed by atoms with Crippen LogP contribution in [0.3, 0.4) is 0 Å². The van der Waals surface area contributed by atoms with E-state index in [1.54, 1.807) is 30.7 Å². The monoisotopic (exact) mass is 406 g/mol. The van der Waals surface area contributed by atoms with Crippen molar-refractivity contribution in [1.29, 1.82) is 0 Å². The molecule has 0 aliphatic carbocycles. The SMILES string of the molecule is CCn1c(SCC(=O)Nc2ccc(S(C)(=O)=O)cc2)nnc1-c1ccoc1. The van der Waals surface area contributed by atoms with Crippen LogP contribution in [0.4, 0.5) is 5.69 Å². The van der Waals surface area contributed by atoms with Crippen molar-refractivity contribution in [2.45, 2.75) is 23.5 Å². The van der Waals surface area contributed by atoms with Gasteiger partial charge in [-0.25, -0.2) is 8.42 Å². The molecule has 1 aromatic carbocycles. The number of hydrogen-bond donors (Lipinski definition) is 1. The quantitative estimate of drug-likeness (QED) is 0.601. The first-order chi connectivity index (χ1) is 12.9. The summed E-state index contributed by atoms with van der Waals surface area (Å²) in [7, 11) is -3.26. The maximum Gasteiger partial charge on any atom is 0.234 e. The number of sulfone groups is 1. The number of hydrogen-bond acceptors (Lipinski definition) is 7. The lowest BCUT2D eigenvalue weighted by Gasteiger charge is -2.07. The molecule has 1 N–H and O–H groups in total. The van der Waals surface area contributed by atoms with Gasteiger partial charge in [0.15, 0.2) is 20.8 Å². The average molecular weight is 406 g/mol. The number of thioether (sulfide) groups is 1. The number of anilines is 1. The fourth-order valence-electron chi connectivity index (χ4n) is 2.40. The normalized spacial score (nSPS) is 11.5. The standard InChI is InChI=1S/C17H18N4O4S2/c1-3-21-16(12-8-9-25-10-12)19-20-17(21)26-11-15(22)18-13-4-6-14(7-5-13)27(2,23)24/h4-10H,3,11H2,1-2H3,(H,18,22). The Morgan fingerprint density at radius 2 is 1.96 bits per heavy atom. The minimum atomic E-state index is -3.26. The zero-order chi connectivity index (χ0) is 19.4. The van der Waals surface area contributed by atoms with E-state index in [9.17, 15) is 13.2 Å². The van der Waals surface area contributed by atoms with Gasteiger partial charge in [0.2, 0.25) is 5.91 Å². The van der Waals surface area contributed by atoms with Gasteiger partial charge in [0.05, 0.1) is 22.5 Å². The molecule has 10 heteroatoms. The van der Waals surface area contributed by atoms with Crippen LogP contribution in [0.1, 0.15) is 6.92 Å². The molecule has 0 saturated heterocycles. The summed E-state index contributed by atoms with van der Waals surface area (Å²) in [5, 5.41) is 11.7. The lowest BCUT2D eigenvalue weighted by atomic mass is 10.3. The van der Waals surface area contributed by atoms with Gasteiger partial charge in [-0.1, -0.05) is 11.8 Å². The van der Waals surface area contributed by atoms with Gasteiger partial charge >= 0.3 is 0 Å². The molecule has 3 rings (SSSR count). The lowest BCUT2D eigenvalue weighted by Crippen LogP contribution is -2.14. The van der Waals surface area contributed by atoms with Crippen molar-refractivity contribution in [3.8, 4) is 11.4 Å². The molecule has 0 spiro atoms. The highest BCUT2D eigenvalue weighted by Crippen LogP contribution is 2.24. The Morgan fingerprint density at radius 3 is 2.56 bits per heavy atom. The molecule has 8 nitrogen and oxygen atoms in total. The Bertz CT molecular complexity index is 1030. The maximum absolute atomic E-state index is 12.2. The second-order valence-corrected chi connectivity index (χ2v) is 8.65. The smallest absolute Gasteiger partial charge is 0.234 e. The van der Waals surface area contributed by atoms with Crippen LogP contribution in [0.5, 0.6) is 0 Å². The first-order valence-electron chi connectivity index (χ1n) is 8.07. The predicted molar refractivity (Wildman–Crippen MR) is 102 cm³/mol. The number of furan rings is 1. The van der Waals surface area contributed by atoms with E-state index in [0.717, 1.165) is 11.8 Å². The fourth-order valence-corrected chi connectivity index (χ4v) is 3.83. The van der Waals surface area contributed by atoms with Crippen LogP contribution in [0.2, 0.25) is 0 Å². The maximum atomic E-state index is 12.2. The third kappa shape index (κ3) is 4.58. The molecule has 0 aliphatic heterocycles. The van der Waals surface area contributed by atoms with Gasteiger partial charge in [-0.15, -0.1) is 10.2 Å². The highest BCUT2D eigenvalue weighted by Gasteiger charge is 2.15. The molecule has 0 saturated carbocycles. The minimum Gasteiger partial charge on any atom is -0.472 e. The number of aromatic nitrogens is 3. The zero-order valence-corrected chi connectivity index (χ0v) is 16.4. The topological polar surface area (TPSA) is 107 Å². The Morgan fingerprint density at radius 1 is 1.22 bits per heavy atom. The van der Waals surface area contributed by atoms with Crippen LogP contribution in [0, 0.1) is 0 Å². The molecule has 0 fully saturated rings. The molecule has 0 bridgehead atoms. The fraction of sp³-hybridized carbons (Fsp3) is 0.235. The van der Waals surface area contributed by atoms with Crippen LogP contribution in [-0.4, -0.2) is 41.1 Å². The van der Waals surface area contributed by atoms with Crippen LogP contribution < -0.4 is 5.32 Å². The molecule has 2 aromatic heterocycles. The van der Waals surface area contributed by atoms with Crippen LogP contribution in [-0.2, 0) is 21.2 Å². The molecule has 0 unspecified atom stereocenters. The predicted octanol–water partition coefficient (Wildman–Crippen LogP) is 2.69. The largest absolute Gasteiger partial charge is 0.472 e. The number of carbonyl (C=O) groups is 1. The number of rotatable bonds is 7. The molecule has 0 aliphatic rings. The van der Waals surface area contributed by atoms with Gasteiger partial charge in [-0.2, -0.15) is 0 Å². The molecule has 142 valence electrons. The molecule has 2 heterocycles. The van der Waals surface area contributed by atoms with E-state index in [1.165, 1.54) is 23.9 Å². The molecular formula is C17H18N4O4S2. The van der Waals surface area contributed by atoms with Crippen LogP contribution in [0.15, 0.2) is 57.3 Å². The van der Waals surface area contributed by atoms with Gasteiger partial charge in [0, 0.05) is 18.5 Å². The van der Waals surface area contributed by atoms with Crippen molar-refractivity contribution in [3.63, 3.8) is 0 Å². The van der Waals surface area contributed by atoms with Gasteiger partial charge in [0.1, 0.15) is 6.26 Å². The molecule has 1 amide bonds. The Kier molecular flexibility index (Phi) is 5.66. The molecule has 27 heavy (non-hydrogen) atoms. The zero-order valence-electron chi connectivity index (χ0n) is 14.7. The summed E-state index contributed by atoms with van der Waals surface area (Å²) in [6.45, 7) is 2.63. The Labute approximate surface area is 160 Å². The van der Waals surface area contributed by atoms with Gasteiger partial charge in [0.25, 0.3) is 0 Å². The summed E-state index contributed by atoms with van der Waals surface area (Å²) in [4.78, 5) is 12.4. The van der Waals surface area contributed by atoms with Gasteiger partial charge < -0.3 is 14.3 Å². The first kappa shape index (κ1) is 19.2. The number of nitrogens with one attached hydrogen (secondary N) is 1. The lowest BCUT2D eigenvalue weighted by molar-refractivity contribution is -0.113. The van der Waals surface area contributed by atoms with E-state index < -0.39 is 9.84 Å². The Hall–Kier alpha value is -2.59. The van der Waals surface area contributed by atoms with E-state index in [0.29, 0.717) is 23.2 Å². The molecule has 0 radical (unpaired) electrons. The van der Waals surface area contributed by atoms with Crippen molar-refractivity contribution in [2.24, 2.45) is 0 Å². The summed E-state index contributed by atoms with van der Waals surface area (Å²) in [5.41, 5.74) is 1.36. The third-order valence-corrected chi connectivity index (χ3v) is 5.81. The van der Waals surface area contributed by atoms with Crippen molar-refractivity contribution >= 4 is 33.2 Å². The summed E-state index contributed by atoms with van der Waals surface area (Å²) in [6, 6.07) is 7.85. The van der Waals surface area contributed by atoms with Crippen molar-refractivity contribution in [3.05, 3.63) is 42.9 Å². The highest BCUT2D eigenvalue weighted by atomic mass is 32.2. The Balaban J connectivity index is 1.63. The van der Waals surface area contributed by atoms with Crippen molar-refractivity contribution in [2.75, 3.05) is 17.3 Å². The number of nitrogens with zero attached hydrogens (tertiary/aromatic N) is 3. The van der Waals surface area contributed by atoms with Crippen molar-refractivity contribution in [1.82, 2.24) is 14.8 Å². The highest BCUT2D eigenvalue weighted by molar-refractivity contribution is 7.99. The van der Waals surface area contributed by atoms with E-state index in [4.69, 9.17) is 4.42 Å². The summed E-state index contributed by atoms with van der Waals surface area (Å²) in [6.07, 6.45) is 4.30. The average Bonchev–Trinajstić information content (AvgIpc) is 3.28. The van der Waals surface area contributed by atoms with Crippen molar-refractivity contribution < 1.29 is 17.6 Å². The number of amides is 1. The van der Waals surface area contributed by atoms with Crippen LogP contribution >= 0.6 is 11.8 Å². The van der Waals surface area contributed by atoms with Gasteiger partial charge in [-0.3, -0.25) is 4.79 Å². The van der Waals surface area contributed by atoms with E-state index in [1.807, 2.05) is 11.5 Å². The van der Waals surface area contributed by atoms with Crippen LogP contribution in [0.25, 0.3) is 11.4 Å². The van der Waals surface area contributed by atoms with E-state index in [2.05, 4.69) is 15.5 Å². The third-order valence-electron chi connectivity index (χ3n) is 3.71. The van der Waals surface area contributed by atoms with Gasteiger partial charge in [-0.05, 0) is 37.3 Å². The number of benzene rings is 1. The number of carbonyl (C=O) groups excluding carboxylic acids is 1. The summed E-state index contributed by atoms with van der Waals surface area (Å²) >= 11 is 1.28. The van der Waals surface area contributed by atoms with E-state index in [-0.39, 0.29) is 16.6 Å². The molecular weight excluding hydrogens is 388 g/mol. The summed E-state index contributed by atoms with van der Waals surface area (Å²) in [5.74, 6) is 0.616. The second-order valence-electron chi connectivity index (χ2n) is 5.70. The summed E-state index contributed by atoms with van der Waals surface area (Å²) < 4.78 is 29.9. The molecule has 3 aromatic rings. The first-order valence-corrected chi connectivity index (χ1v) is 10.9. The second kappa shape index (κ2) is 7.97. The van der Waals surface area contributed by atoms with E-state index >= 15 is 0 Å². The minimum absolute atomic E-state index is 0.150. The molecule has 0 atom stereocenters.